The second-order valence-corrected chi connectivity index (χ2v) is 6.81. The number of hydrogen-bond donors (Lipinski definition) is 2. The molecule has 0 saturated heterocycles. The van der Waals surface area contributed by atoms with E-state index < -0.39 is 0 Å². The lowest BCUT2D eigenvalue weighted by molar-refractivity contribution is 0.0938. The Morgan fingerprint density at radius 1 is 1.33 bits per heavy atom. The summed E-state index contributed by atoms with van der Waals surface area (Å²) in [4.78, 5) is 18.3. The Bertz CT molecular complexity index is 657. The van der Waals surface area contributed by atoms with Crippen molar-refractivity contribution in [1.82, 2.24) is 10.3 Å². The third-order valence-electron chi connectivity index (χ3n) is 4.23. The van der Waals surface area contributed by atoms with Gasteiger partial charge in [0.2, 0.25) is 0 Å². The van der Waals surface area contributed by atoms with E-state index in [1.165, 1.54) is 37.0 Å². The van der Waals surface area contributed by atoms with E-state index in [-0.39, 0.29) is 5.91 Å². The van der Waals surface area contributed by atoms with E-state index in [9.17, 15) is 4.79 Å². The van der Waals surface area contributed by atoms with Crippen LogP contribution in [-0.2, 0) is 0 Å². The number of carbonyl (C=O) groups is 1. The van der Waals surface area contributed by atoms with Crippen LogP contribution in [0, 0.1) is 6.92 Å². The lowest BCUT2D eigenvalue weighted by atomic mass is 10.1. The zero-order chi connectivity index (χ0) is 14.8. The molecule has 2 heterocycles. The van der Waals surface area contributed by atoms with Crippen molar-refractivity contribution in [1.29, 1.82) is 0 Å². The van der Waals surface area contributed by atoms with E-state index in [0.717, 1.165) is 28.6 Å². The first kappa shape index (κ1) is 14.3. The van der Waals surface area contributed by atoms with Gasteiger partial charge in [-0.1, -0.05) is 25.7 Å². The van der Waals surface area contributed by atoms with Crippen molar-refractivity contribution in [2.75, 3.05) is 5.73 Å². The van der Waals surface area contributed by atoms with Crippen LogP contribution in [0.1, 0.15) is 53.8 Å². The molecule has 0 atom stereocenters. The number of hydrogen-bond acceptors (Lipinski definition) is 4. The van der Waals surface area contributed by atoms with Crippen LogP contribution in [0.5, 0.6) is 0 Å². The summed E-state index contributed by atoms with van der Waals surface area (Å²) in [5.41, 5.74) is 7.83. The molecule has 112 valence electrons. The molecule has 0 spiro atoms. The summed E-state index contributed by atoms with van der Waals surface area (Å²) < 4.78 is 0. The quantitative estimate of drug-likeness (QED) is 0.832. The summed E-state index contributed by atoms with van der Waals surface area (Å²) in [5.74, 6) is -0.0400. The van der Waals surface area contributed by atoms with Gasteiger partial charge in [-0.2, -0.15) is 0 Å². The number of nitrogens with one attached hydrogen (secondary N) is 1. The molecule has 2 aromatic rings. The Hall–Kier alpha value is -1.62. The number of anilines is 1. The Kier molecular flexibility index (Phi) is 4.10. The summed E-state index contributed by atoms with van der Waals surface area (Å²) in [6.45, 7) is 2.00. The number of thiophene rings is 1. The summed E-state index contributed by atoms with van der Waals surface area (Å²) in [6, 6.07) is 2.22. The van der Waals surface area contributed by atoms with Gasteiger partial charge < -0.3 is 11.1 Å². The van der Waals surface area contributed by atoms with Crippen molar-refractivity contribution in [3.05, 3.63) is 22.7 Å². The molecule has 3 N–H and O–H groups in total. The molecule has 1 aliphatic carbocycles. The minimum atomic E-state index is -0.0400. The van der Waals surface area contributed by atoms with Crippen LogP contribution < -0.4 is 11.1 Å². The SMILES string of the molecule is Cc1ccnc2sc(C(=O)NC3CCCCCC3)c(N)c12. The lowest BCUT2D eigenvalue weighted by Crippen LogP contribution is -2.34. The number of aromatic nitrogens is 1. The lowest BCUT2D eigenvalue weighted by Gasteiger charge is -2.15. The first-order valence-corrected chi connectivity index (χ1v) is 8.43. The predicted octanol–water partition coefficient (Wildman–Crippen LogP) is 3.64. The highest BCUT2D eigenvalue weighted by molar-refractivity contribution is 7.21. The highest BCUT2D eigenvalue weighted by Gasteiger charge is 2.21. The molecule has 0 bridgehead atoms. The van der Waals surface area contributed by atoms with Crippen molar-refractivity contribution >= 4 is 33.1 Å². The molecule has 0 aliphatic heterocycles. The molecule has 0 unspecified atom stereocenters. The van der Waals surface area contributed by atoms with Gasteiger partial charge in [0, 0.05) is 17.6 Å². The Morgan fingerprint density at radius 2 is 2.05 bits per heavy atom. The minimum Gasteiger partial charge on any atom is -0.397 e. The Morgan fingerprint density at radius 3 is 2.71 bits per heavy atom. The average molecular weight is 303 g/mol. The Balaban J connectivity index is 1.84. The molecule has 1 aliphatic rings. The third-order valence-corrected chi connectivity index (χ3v) is 5.35. The molecule has 21 heavy (non-hydrogen) atoms. The molecule has 0 radical (unpaired) electrons. The van der Waals surface area contributed by atoms with Crippen LogP contribution in [0.25, 0.3) is 10.2 Å². The smallest absolute Gasteiger partial charge is 0.263 e. The maximum absolute atomic E-state index is 12.5. The van der Waals surface area contributed by atoms with Crippen LogP contribution in [-0.4, -0.2) is 16.9 Å². The summed E-state index contributed by atoms with van der Waals surface area (Å²) in [5, 5.41) is 4.08. The zero-order valence-electron chi connectivity index (χ0n) is 12.3. The van der Waals surface area contributed by atoms with E-state index in [4.69, 9.17) is 5.73 Å². The van der Waals surface area contributed by atoms with Gasteiger partial charge in [0.05, 0.1) is 5.69 Å². The van der Waals surface area contributed by atoms with Crippen LogP contribution in [0.15, 0.2) is 12.3 Å². The monoisotopic (exact) mass is 303 g/mol. The number of carbonyl (C=O) groups excluding carboxylic acids is 1. The number of nitrogen functional groups attached to an aromatic ring is 1. The van der Waals surface area contributed by atoms with Crippen molar-refractivity contribution in [3.8, 4) is 0 Å². The summed E-state index contributed by atoms with van der Waals surface area (Å²) in [7, 11) is 0. The third kappa shape index (κ3) is 2.88. The molecular weight excluding hydrogens is 282 g/mol. The fourth-order valence-corrected chi connectivity index (χ4v) is 4.09. The number of amides is 1. The zero-order valence-corrected chi connectivity index (χ0v) is 13.1. The van der Waals surface area contributed by atoms with Crippen LogP contribution in [0.2, 0.25) is 0 Å². The first-order valence-electron chi connectivity index (χ1n) is 7.61. The van der Waals surface area contributed by atoms with E-state index >= 15 is 0 Å². The standard InChI is InChI=1S/C16H21N3OS/c1-10-8-9-18-16-12(10)13(17)14(21-16)15(20)19-11-6-4-2-3-5-7-11/h8-9,11H,2-7,17H2,1H3,(H,19,20). The first-order chi connectivity index (χ1) is 10.2. The second-order valence-electron chi connectivity index (χ2n) is 5.81. The summed E-state index contributed by atoms with van der Waals surface area (Å²) >= 11 is 1.39. The van der Waals surface area contributed by atoms with Gasteiger partial charge in [0.25, 0.3) is 5.91 Å². The van der Waals surface area contributed by atoms with Crippen LogP contribution in [0.3, 0.4) is 0 Å². The van der Waals surface area contributed by atoms with Crippen molar-refractivity contribution in [3.63, 3.8) is 0 Å². The molecule has 3 rings (SSSR count). The van der Waals surface area contributed by atoms with E-state index in [0.29, 0.717) is 16.6 Å². The highest BCUT2D eigenvalue weighted by Crippen LogP contribution is 2.34. The van der Waals surface area contributed by atoms with Crippen molar-refractivity contribution in [2.45, 2.75) is 51.5 Å². The number of rotatable bonds is 2. The van der Waals surface area contributed by atoms with E-state index in [1.54, 1.807) is 6.20 Å². The topological polar surface area (TPSA) is 68.0 Å². The molecule has 2 aromatic heterocycles. The van der Waals surface area contributed by atoms with Crippen LogP contribution >= 0.6 is 11.3 Å². The molecular formula is C16H21N3OS. The van der Waals surface area contributed by atoms with Gasteiger partial charge in [-0.15, -0.1) is 11.3 Å². The highest BCUT2D eigenvalue weighted by atomic mass is 32.1. The Labute approximate surface area is 128 Å². The van der Waals surface area contributed by atoms with Gasteiger partial charge >= 0.3 is 0 Å². The van der Waals surface area contributed by atoms with Gasteiger partial charge in [-0.25, -0.2) is 4.98 Å². The number of nitrogens with two attached hydrogens (primary N) is 1. The number of fused-ring (bicyclic) bond motifs is 1. The maximum atomic E-state index is 12.5. The van der Waals surface area contributed by atoms with Gasteiger partial charge in [0.15, 0.2) is 0 Å². The van der Waals surface area contributed by atoms with Crippen LogP contribution in [0.4, 0.5) is 5.69 Å². The normalized spacial score (nSPS) is 16.8. The second kappa shape index (κ2) is 6.02. The largest absolute Gasteiger partial charge is 0.397 e. The molecule has 1 fully saturated rings. The number of nitrogens with zero attached hydrogens (tertiary/aromatic N) is 1. The maximum Gasteiger partial charge on any atom is 0.263 e. The number of aryl methyl sites for hydroxylation is 1. The fraction of sp³-hybridized carbons (Fsp3) is 0.500. The summed E-state index contributed by atoms with van der Waals surface area (Å²) in [6.07, 6.45) is 8.88. The average Bonchev–Trinajstić information content (AvgIpc) is 2.64. The van der Waals surface area contributed by atoms with Gasteiger partial charge in [-0.05, 0) is 31.4 Å². The molecule has 1 saturated carbocycles. The van der Waals surface area contributed by atoms with Gasteiger partial charge in [0.1, 0.15) is 9.71 Å². The molecule has 0 aromatic carbocycles. The van der Waals surface area contributed by atoms with E-state index in [1.807, 2.05) is 13.0 Å². The number of pyridine rings is 1. The van der Waals surface area contributed by atoms with E-state index in [2.05, 4.69) is 10.3 Å². The molecule has 5 heteroatoms. The van der Waals surface area contributed by atoms with Crippen molar-refractivity contribution in [2.24, 2.45) is 0 Å². The predicted molar refractivity (Wildman–Crippen MR) is 87.7 cm³/mol. The molecule has 4 nitrogen and oxygen atoms in total. The molecule has 1 amide bonds. The van der Waals surface area contributed by atoms with Crippen molar-refractivity contribution < 1.29 is 4.79 Å². The fourth-order valence-electron chi connectivity index (χ4n) is 3.05. The minimum absolute atomic E-state index is 0.0400. The van der Waals surface area contributed by atoms with Gasteiger partial charge in [-0.3, -0.25) is 4.79 Å².